The van der Waals surface area contributed by atoms with E-state index in [4.69, 9.17) is 16.3 Å². The standard InChI is InChI=1S/C21H18ClN3O3/c1-2-28-21(27)17-8-3-4-9-18(17)25-19-11-10-16(13-23-19)24-20(26)14-6-5-7-15(22)12-14/h3-13H,2H2,1H3,(H,23,25)(H,24,26). The maximum atomic E-state index is 12.3. The van der Waals surface area contributed by atoms with Crippen LogP contribution in [0, 0.1) is 0 Å². The Kier molecular flexibility index (Phi) is 6.24. The molecule has 1 aromatic heterocycles. The lowest BCUT2D eigenvalue weighted by Gasteiger charge is -2.11. The van der Waals surface area contributed by atoms with Gasteiger partial charge in [-0.05, 0) is 49.4 Å². The van der Waals surface area contributed by atoms with Crippen molar-refractivity contribution in [2.75, 3.05) is 17.2 Å². The van der Waals surface area contributed by atoms with Gasteiger partial charge < -0.3 is 15.4 Å². The number of hydrogen-bond donors (Lipinski definition) is 2. The predicted molar refractivity (Wildman–Crippen MR) is 109 cm³/mol. The second kappa shape index (κ2) is 9.01. The summed E-state index contributed by atoms with van der Waals surface area (Å²) in [5.74, 6) is -0.161. The number of nitrogens with zero attached hydrogens (tertiary/aromatic N) is 1. The Bertz CT molecular complexity index is 990. The van der Waals surface area contributed by atoms with Gasteiger partial charge in [-0.25, -0.2) is 9.78 Å². The van der Waals surface area contributed by atoms with E-state index in [1.54, 1.807) is 61.5 Å². The number of carbonyl (C=O) groups is 2. The van der Waals surface area contributed by atoms with Crippen molar-refractivity contribution in [1.29, 1.82) is 0 Å². The molecule has 0 spiro atoms. The second-order valence-electron chi connectivity index (χ2n) is 5.79. The third kappa shape index (κ3) is 4.86. The molecule has 6 nitrogen and oxygen atoms in total. The number of ether oxygens (including phenoxy) is 1. The fraction of sp³-hybridized carbons (Fsp3) is 0.0952. The fourth-order valence-electron chi connectivity index (χ4n) is 2.49. The maximum Gasteiger partial charge on any atom is 0.340 e. The Balaban J connectivity index is 1.70. The molecule has 28 heavy (non-hydrogen) atoms. The third-order valence-electron chi connectivity index (χ3n) is 3.79. The molecule has 0 aliphatic carbocycles. The molecule has 3 rings (SSSR count). The van der Waals surface area contributed by atoms with Crippen molar-refractivity contribution in [1.82, 2.24) is 4.98 Å². The average Bonchev–Trinajstić information content (AvgIpc) is 2.70. The number of carbonyl (C=O) groups excluding carboxylic acids is 2. The van der Waals surface area contributed by atoms with E-state index in [1.165, 1.54) is 6.20 Å². The van der Waals surface area contributed by atoms with E-state index in [2.05, 4.69) is 15.6 Å². The number of benzene rings is 2. The van der Waals surface area contributed by atoms with Gasteiger partial charge in [0, 0.05) is 10.6 Å². The van der Waals surface area contributed by atoms with Gasteiger partial charge in [-0.2, -0.15) is 0 Å². The van der Waals surface area contributed by atoms with Crippen molar-refractivity contribution in [2.45, 2.75) is 6.92 Å². The summed E-state index contributed by atoms with van der Waals surface area (Å²) < 4.78 is 5.06. The summed E-state index contributed by atoms with van der Waals surface area (Å²) in [5.41, 5.74) is 2.00. The summed E-state index contributed by atoms with van der Waals surface area (Å²) in [7, 11) is 0. The smallest absolute Gasteiger partial charge is 0.340 e. The van der Waals surface area contributed by atoms with Crippen molar-refractivity contribution in [3.05, 3.63) is 83.0 Å². The van der Waals surface area contributed by atoms with E-state index in [9.17, 15) is 9.59 Å². The molecule has 0 atom stereocenters. The maximum absolute atomic E-state index is 12.3. The zero-order valence-electron chi connectivity index (χ0n) is 15.1. The average molecular weight is 396 g/mol. The van der Waals surface area contributed by atoms with Crippen LogP contribution >= 0.6 is 11.6 Å². The summed E-state index contributed by atoms with van der Waals surface area (Å²) >= 11 is 5.91. The van der Waals surface area contributed by atoms with Gasteiger partial charge in [0.05, 0.1) is 29.7 Å². The normalized spacial score (nSPS) is 10.2. The first-order chi connectivity index (χ1) is 13.6. The first kappa shape index (κ1) is 19.4. The molecule has 2 N–H and O–H groups in total. The highest BCUT2D eigenvalue weighted by atomic mass is 35.5. The molecule has 0 fully saturated rings. The number of esters is 1. The second-order valence-corrected chi connectivity index (χ2v) is 6.22. The van der Waals surface area contributed by atoms with Gasteiger partial charge in [0.15, 0.2) is 0 Å². The number of pyridine rings is 1. The highest BCUT2D eigenvalue weighted by Gasteiger charge is 2.12. The largest absolute Gasteiger partial charge is 0.462 e. The van der Waals surface area contributed by atoms with E-state index < -0.39 is 5.97 Å². The third-order valence-corrected chi connectivity index (χ3v) is 4.03. The fourth-order valence-corrected chi connectivity index (χ4v) is 2.68. The molecule has 7 heteroatoms. The lowest BCUT2D eigenvalue weighted by Crippen LogP contribution is -2.12. The number of para-hydroxylation sites is 1. The number of amides is 1. The van der Waals surface area contributed by atoms with Gasteiger partial charge in [0.1, 0.15) is 5.82 Å². The Morgan fingerprint density at radius 2 is 1.89 bits per heavy atom. The molecule has 0 unspecified atom stereocenters. The molecule has 1 heterocycles. The first-order valence-corrected chi connectivity index (χ1v) is 9.00. The quantitative estimate of drug-likeness (QED) is 0.580. The lowest BCUT2D eigenvalue weighted by molar-refractivity contribution is 0.0527. The van der Waals surface area contributed by atoms with E-state index in [-0.39, 0.29) is 5.91 Å². The monoisotopic (exact) mass is 395 g/mol. The van der Waals surface area contributed by atoms with Crippen LogP contribution in [0.1, 0.15) is 27.6 Å². The topological polar surface area (TPSA) is 80.3 Å². The van der Waals surface area contributed by atoms with E-state index in [0.29, 0.717) is 39.9 Å². The molecule has 0 saturated carbocycles. The number of hydrogen-bond acceptors (Lipinski definition) is 5. The van der Waals surface area contributed by atoms with Crippen LogP contribution < -0.4 is 10.6 Å². The molecule has 3 aromatic rings. The SMILES string of the molecule is CCOC(=O)c1ccccc1Nc1ccc(NC(=O)c2cccc(Cl)c2)cn1. The van der Waals surface area contributed by atoms with Crippen LogP contribution in [0.2, 0.25) is 5.02 Å². The molecule has 142 valence electrons. The van der Waals surface area contributed by atoms with Crippen LogP contribution in [-0.2, 0) is 4.74 Å². The minimum Gasteiger partial charge on any atom is -0.462 e. The molecule has 0 aliphatic rings. The summed E-state index contributed by atoms with van der Waals surface area (Å²) in [6.07, 6.45) is 1.53. The van der Waals surface area contributed by atoms with E-state index >= 15 is 0 Å². The summed E-state index contributed by atoms with van der Waals surface area (Å²) in [6.45, 7) is 2.05. The highest BCUT2D eigenvalue weighted by Crippen LogP contribution is 2.21. The molecule has 2 aromatic carbocycles. The lowest BCUT2D eigenvalue weighted by atomic mass is 10.2. The first-order valence-electron chi connectivity index (χ1n) is 8.63. The van der Waals surface area contributed by atoms with Gasteiger partial charge in [0.2, 0.25) is 0 Å². The molecule has 1 amide bonds. The van der Waals surface area contributed by atoms with Crippen LogP contribution in [0.4, 0.5) is 17.2 Å². The minimum absolute atomic E-state index is 0.280. The van der Waals surface area contributed by atoms with Crippen LogP contribution in [0.5, 0.6) is 0 Å². The van der Waals surface area contributed by atoms with Gasteiger partial charge in [-0.15, -0.1) is 0 Å². The summed E-state index contributed by atoms with van der Waals surface area (Å²) in [4.78, 5) is 28.6. The van der Waals surface area contributed by atoms with Crippen LogP contribution in [0.3, 0.4) is 0 Å². The Hall–Kier alpha value is -3.38. The van der Waals surface area contributed by atoms with Crippen LogP contribution in [-0.4, -0.2) is 23.5 Å². The van der Waals surface area contributed by atoms with Gasteiger partial charge in [-0.1, -0.05) is 29.8 Å². The number of anilines is 3. The van der Waals surface area contributed by atoms with Crippen molar-refractivity contribution in [2.24, 2.45) is 0 Å². The van der Waals surface area contributed by atoms with E-state index in [0.717, 1.165) is 0 Å². The molecule has 0 saturated heterocycles. The summed E-state index contributed by atoms with van der Waals surface area (Å²) in [5, 5.41) is 6.34. The summed E-state index contributed by atoms with van der Waals surface area (Å²) in [6, 6.07) is 17.1. The van der Waals surface area contributed by atoms with Crippen molar-refractivity contribution < 1.29 is 14.3 Å². The van der Waals surface area contributed by atoms with Crippen molar-refractivity contribution >= 4 is 40.7 Å². The number of halogens is 1. The molecular formula is C21H18ClN3O3. The molecule has 0 radical (unpaired) electrons. The molecule has 0 bridgehead atoms. The van der Waals surface area contributed by atoms with Crippen molar-refractivity contribution in [3.8, 4) is 0 Å². The Morgan fingerprint density at radius 3 is 2.61 bits per heavy atom. The van der Waals surface area contributed by atoms with Gasteiger partial charge in [0.25, 0.3) is 5.91 Å². The number of aromatic nitrogens is 1. The Morgan fingerprint density at radius 1 is 1.07 bits per heavy atom. The number of nitrogens with one attached hydrogen (secondary N) is 2. The highest BCUT2D eigenvalue weighted by molar-refractivity contribution is 6.31. The van der Waals surface area contributed by atoms with Crippen LogP contribution in [0.25, 0.3) is 0 Å². The van der Waals surface area contributed by atoms with Gasteiger partial charge in [-0.3, -0.25) is 4.79 Å². The predicted octanol–water partition coefficient (Wildman–Crippen LogP) is 4.91. The Labute approximate surface area is 167 Å². The van der Waals surface area contributed by atoms with E-state index in [1.807, 2.05) is 6.07 Å². The zero-order chi connectivity index (χ0) is 19.9. The van der Waals surface area contributed by atoms with Crippen molar-refractivity contribution in [3.63, 3.8) is 0 Å². The van der Waals surface area contributed by atoms with Crippen LogP contribution in [0.15, 0.2) is 66.9 Å². The van der Waals surface area contributed by atoms with Gasteiger partial charge >= 0.3 is 5.97 Å². The molecule has 0 aliphatic heterocycles. The number of rotatable bonds is 6. The minimum atomic E-state index is -0.406. The zero-order valence-corrected chi connectivity index (χ0v) is 15.9. The molecular weight excluding hydrogens is 378 g/mol.